The summed E-state index contributed by atoms with van der Waals surface area (Å²) in [5.74, 6) is -1.87. The molecule has 0 aromatic rings. The van der Waals surface area contributed by atoms with Crippen LogP contribution in [0.25, 0.3) is 0 Å². The second kappa shape index (κ2) is 4.17. The van der Waals surface area contributed by atoms with E-state index in [4.69, 9.17) is 0 Å². The first kappa shape index (κ1) is 16.0. The SMILES string of the molecule is OC(C(F)(F)F)(C(F)(F)F)C1(F)CC2CC1C1C3CCC(C3)C21. The number of rotatable bonds is 1. The van der Waals surface area contributed by atoms with Gasteiger partial charge < -0.3 is 5.11 Å². The fourth-order valence-electron chi connectivity index (χ4n) is 6.61. The molecule has 7 unspecified atom stereocenters. The maximum atomic E-state index is 15.3. The van der Waals surface area contributed by atoms with Gasteiger partial charge in [0, 0.05) is 5.92 Å². The highest BCUT2D eigenvalue weighted by molar-refractivity contribution is 5.24. The summed E-state index contributed by atoms with van der Waals surface area (Å²) in [5.41, 5.74) is -8.95. The number of hydrogen-bond acceptors (Lipinski definition) is 1. The molecular formula is C15H17F7O. The summed E-state index contributed by atoms with van der Waals surface area (Å²) in [6.07, 6.45) is -10.5. The van der Waals surface area contributed by atoms with Crippen molar-refractivity contribution in [2.45, 2.75) is 55.7 Å². The largest absolute Gasteiger partial charge is 0.429 e. The van der Waals surface area contributed by atoms with Gasteiger partial charge in [-0.25, -0.2) is 4.39 Å². The average Bonchev–Trinajstić information content (AvgIpc) is 3.11. The van der Waals surface area contributed by atoms with E-state index in [1.807, 2.05) is 0 Å². The fraction of sp³-hybridized carbons (Fsp3) is 1.00. The van der Waals surface area contributed by atoms with Crippen LogP contribution in [0, 0.1) is 35.5 Å². The number of hydrogen-bond donors (Lipinski definition) is 1. The molecule has 1 N–H and O–H groups in total. The highest BCUT2D eigenvalue weighted by Gasteiger charge is 2.86. The van der Waals surface area contributed by atoms with Crippen LogP contribution >= 0.6 is 0 Å². The molecule has 0 aromatic carbocycles. The molecule has 4 bridgehead atoms. The van der Waals surface area contributed by atoms with Crippen LogP contribution in [0.2, 0.25) is 0 Å². The zero-order chi connectivity index (χ0) is 17.0. The van der Waals surface area contributed by atoms with E-state index in [-0.39, 0.29) is 18.3 Å². The summed E-state index contributed by atoms with van der Waals surface area (Å²) in [6.45, 7) is 0. The summed E-state index contributed by atoms with van der Waals surface area (Å²) >= 11 is 0. The number of aliphatic hydroxyl groups is 1. The molecule has 8 heteroatoms. The van der Waals surface area contributed by atoms with E-state index in [0.29, 0.717) is 5.92 Å². The van der Waals surface area contributed by atoms with Crippen molar-refractivity contribution in [1.29, 1.82) is 0 Å². The zero-order valence-electron chi connectivity index (χ0n) is 12.1. The maximum Gasteiger partial charge on any atom is 0.429 e. The molecule has 0 amide bonds. The Kier molecular flexibility index (Phi) is 2.89. The lowest BCUT2D eigenvalue weighted by Gasteiger charge is -2.49. The van der Waals surface area contributed by atoms with Crippen LogP contribution in [0.3, 0.4) is 0 Å². The molecule has 0 aliphatic heterocycles. The van der Waals surface area contributed by atoms with Crippen molar-refractivity contribution < 1.29 is 35.8 Å². The molecule has 4 saturated carbocycles. The van der Waals surface area contributed by atoms with E-state index in [1.54, 1.807) is 0 Å². The summed E-state index contributed by atoms with van der Waals surface area (Å²) in [6, 6.07) is 0. The molecule has 4 aliphatic rings. The number of halogens is 7. The molecule has 4 fully saturated rings. The first-order chi connectivity index (χ1) is 10.4. The Bertz CT molecular complexity index is 513. The Labute approximate surface area is 128 Å². The third-order valence-corrected chi connectivity index (χ3v) is 7.18. The Morgan fingerprint density at radius 3 is 1.83 bits per heavy atom. The Morgan fingerprint density at radius 1 is 0.783 bits per heavy atom. The third kappa shape index (κ3) is 1.64. The van der Waals surface area contributed by atoms with Gasteiger partial charge in [0.05, 0.1) is 0 Å². The first-order valence-corrected chi connectivity index (χ1v) is 7.96. The fourth-order valence-corrected chi connectivity index (χ4v) is 6.61. The summed E-state index contributed by atoms with van der Waals surface area (Å²) in [4.78, 5) is 0. The van der Waals surface area contributed by atoms with Crippen molar-refractivity contribution in [3.8, 4) is 0 Å². The van der Waals surface area contributed by atoms with E-state index in [2.05, 4.69) is 0 Å². The van der Waals surface area contributed by atoms with Gasteiger partial charge in [-0.3, -0.25) is 0 Å². The zero-order valence-corrected chi connectivity index (χ0v) is 12.1. The van der Waals surface area contributed by atoms with E-state index in [9.17, 15) is 31.4 Å². The van der Waals surface area contributed by atoms with E-state index >= 15 is 4.39 Å². The molecule has 0 aromatic heterocycles. The molecule has 0 saturated heterocycles. The second-order valence-electron chi connectivity index (χ2n) is 7.86. The molecule has 1 nitrogen and oxygen atoms in total. The van der Waals surface area contributed by atoms with Crippen LogP contribution in [0.15, 0.2) is 0 Å². The van der Waals surface area contributed by atoms with Gasteiger partial charge >= 0.3 is 12.4 Å². The summed E-state index contributed by atoms with van der Waals surface area (Å²) in [5, 5.41) is 9.63. The van der Waals surface area contributed by atoms with Gasteiger partial charge in [0.15, 0.2) is 5.67 Å². The molecule has 0 radical (unpaired) electrons. The van der Waals surface area contributed by atoms with Crippen molar-refractivity contribution in [2.75, 3.05) is 0 Å². The van der Waals surface area contributed by atoms with Crippen molar-refractivity contribution in [1.82, 2.24) is 0 Å². The number of fused-ring (bicyclic) bond motifs is 9. The molecule has 7 atom stereocenters. The molecule has 4 aliphatic carbocycles. The monoisotopic (exact) mass is 346 g/mol. The van der Waals surface area contributed by atoms with Crippen molar-refractivity contribution >= 4 is 0 Å². The highest BCUT2D eigenvalue weighted by atomic mass is 19.4. The summed E-state index contributed by atoms with van der Waals surface area (Å²) in [7, 11) is 0. The molecule has 132 valence electrons. The van der Waals surface area contributed by atoms with Crippen LogP contribution in [0.1, 0.15) is 32.1 Å². The van der Waals surface area contributed by atoms with Crippen LogP contribution in [0.4, 0.5) is 30.7 Å². The summed E-state index contributed by atoms with van der Waals surface area (Å²) < 4.78 is 94.2. The molecule has 23 heavy (non-hydrogen) atoms. The Hall–Kier alpha value is -0.530. The Balaban J connectivity index is 1.77. The lowest BCUT2D eigenvalue weighted by atomic mass is 9.61. The minimum Gasteiger partial charge on any atom is -0.371 e. The molecule has 4 rings (SSSR count). The van der Waals surface area contributed by atoms with Gasteiger partial charge in [-0.15, -0.1) is 0 Å². The molecular weight excluding hydrogens is 329 g/mol. The van der Waals surface area contributed by atoms with Gasteiger partial charge in [0.25, 0.3) is 5.60 Å². The van der Waals surface area contributed by atoms with E-state index in [0.717, 1.165) is 19.3 Å². The smallest absolute Gasteiger partial charge is 0.371 e. The number of alkyl halides is 7. The van der Waals surface area contributed by atoms with E-state index in [1.165, 1.54) is 0 Å². The lowest BCUT2D eigenvalue weighted by molar-refractivity contribution is -0.411. The van der Waals surface area contributed by atoms with Gasteiger partial charge in [-0.2, -0.15) is 26.3 Å². The molecule has 0 heterocycles. The average molecular weight is 346 g/mol. The standard InChI is InChI=1S/C15H17F7O/c16-12(13(23,14(17,18)19)15(20,21)22)5-8-4-9(12)11-7-2-1-6(3-7)10(8)11/h6-11,23H,1-5H2. The Morgan fingerprint density at radius 2 is 1.30 bits per heavy atom. The lowest BCUT2D eigenvalue weighted by Crippen LogP contribution is -2.71. The molecule has 0 spiro atoms. The minimum atomic E-state index is -6.09. The first-order valence-electron chi connectivity index (χ1n) is 7.96. The van der Waals surface area contributed by atoms with Gasteiger partial charge in [0.2, 0.25) is 0 Å². The van der Waals surface area contributed by atoms with Crippen molar-refractivity contribution in [3.05, 3.63) is 0 Å². The van der Waals surface area contributed by atoms with Crippen molar-refractivity contribution in [3.63, 3.8) is 0 Å². The highest BCUT2D eigenvalue weighted by Crippen LogP contribution is 2.74. The predicted octanol–water partition coefficient (Wildman–Crippen LogP) is 4.25. The topological polar surface area (TPSA) is 20.2 Å². The van der Waals surface area contributed by atoms with Gasteiger partial charge in [0.1, 0.15) is 0 Å². The van der Waals surface area contributed by atoms with Gasteiger partial charge in [-0.1, -0.05) is 0 Å². The van der Waals surface area contributed by atoms with E-state index < -0.39 is 47.8 Å². The van der Waals surface area contributed by atoms with Crippen LogP contribution in [0.5, 0.6) is 0 Å². The normalized spacial score (nSPS) is 49.0. The van der Waals surface area contributed by atoms with Crippen LogP contribution < -0.4 is 0 Å². The van der Waals surface area contributed by atoms with Crippen LogP contribution in [-0.2, 0) is 0 Å². The van der Waals surface area contributed by atoms with Crippen molar-refractivity contribution in [2.24, 2.45) is 35.5 Å². The second-order valence-corrected chi connectivity index (χ2v) is 7.86. The van der Waals surface area contributed by atoms with Gasteiger partial charge in [-0.05, 0) is 61.7 Å². The third-order valence-electron chi connectivity index (χ3n) is 7.18. The quantitative estimate of drug-likeness (QED) is 0.556. The maximum absolute atomic E-state index is 15.3. The predicted molar refractivity (Wildman–Crippen MR) is 64.9 cm³/mol. The van der Waals surface area contributed by atoms with Crippen LogP contribution in [-0.4, -0.2) is 28.7 Å². The minimum absolute atomic E-state index is 0.0149.